The minimum atomic E-state index is 0.0570. The first-order valence-corrected chi connectivity index (χ1v) is 10.8. The minimum Gasteiger partial charge on any atom is -0.315 e. The first-order valence-electron chi connectivity index (χ1n) is 10.8. The van der Waals surface area contributed by atoms with Crippen LogP contribution in [0.5, 0.6) is 0 Å². The van der Waals surface area contributed by atoms with E-state index >= 15 is 0 Å². The molecule has 30 heavy (non-hydrogen) atoms. The first kappa shape index (κ1) is 18.9. The maximum absolute atomic E-state index is 11.6. The molecule has 152 valence electrons. The molecule has 5 rings (SSSR count). The summed E-state index contributed by atoms with van der Waals surface area (Å²) in [5, 5.41) is 7.43. The van der Waals surface area contributed by atoms with Crippen molar-refractivity contribution in [2.45, 2.75) is 25.2 Å². The van der Waals surface area contributed by atoms with Gasteiger partial charge in [0.05, 0.1) is 12.3 Å². The van der Waals surface area contributed by atoms with E-state index in [1.54, 1.807) is 0 Å². The Morgan fingerprint density at radius 3 is 2.57 bits per heavy atom. The molecule has 1 aliphatic carbocycles. The van der Waals surface area contributed by atoms with Crippen LogP contribution in [0.25, 0.3) is 0 Å². The SMILES string of the molecule is O=C1NN=C(c2ccc(NC#CCN3CCC(c4ccccc4)CC3)cc2)C2CC12. The number of piperidine rings is 1. The Hall–Kier alpha value is -3.10. The maximum Gasteiger partial charge on any atom is 0.243 e. The number of likely N-dealkylation sites (tertiary alicyclic amines) is 1. The molecule has 1 saturated heterocycles. The van der Waals surface area contributed by atoms with Gasteiger partial charge in [-0.3, -0.25) is 9.69 Å². The van der Waals surface area contributed by atoms with Crippen molar-refractivity contribution >= 4 is 17.3 Å². The zero-order valence-corrected chi connectivity index (χ0v) is 17.0. The van der Waals surface area contributed by atoms with E-state index in [1.807, 2.05) is 24.3 Å². The lowest BCUT2D eigenvalue weighted by Crippen LogP contribution is -2.33. The molecule has 2 fully saturated rings. The number of hydrogen-bond acceptors (Lipinski definition) is 4. The van der Waals surface area contributed by atoms with E-state index < -0.39 is 0 Å². The third kappa shape index (κ3) is 4.10. The lowest BCUT2D eigenvalue weighted by atomic mass is 9.89. The number of nitrogens with zero attached hydrogens (tertiary/aromatic N) is 2. The van der Waals surface area contributed by atoms with Gasteiger partial charge in [0.15, 0.2) is 0 Å². The second kappa shape index (κ2) is 8.33. The number of carbonyl (C=O) groups is 1. The molecular formula is C25H26N4O. The van der Waals surface area contributed by atoms with Crippen LogP contribution in [-0.2, 0) is 4.79 Å². The molecule has 0 spiro atoms. The standard InChI is InChI=1S/C25H26N4O/c30-25-23-17-22(23)24(27-28-25)20-7-9-21(10-8-20)26-13-4-14-29-15-11-19(12-16-29)18-5-2-1-3-6-18/h1-3,5-10,19,22-23,26H,11-12,14-17H2,(H,28,30). The second-order valence-corrected chi connectivity index (χ2v) is 8.39. The average molecular weight is 399 g/mol. The van der Waals surface area contributed by atoms with Crippen LogP contribution in [0.1, 0.15) is 36.3 Å². The number of benzene rings is 2. The van der Waals surface area contributed by atoms with Crippen molar-refractivity contribution in [3.05, 3.63) is 65.7 Å². The molecule has 0 aromatic heterocycles. The molecule has 2 N–H and O–H groups in total. The molecule has 2 aromatic rings. The monoisotopic (exact) mass is 398 g/mol. The Morgan fingerprint density at radius 2 is 1.80 bits per heavy atom. The van der Waals surface area contributed by atoms with Crippen molar-refractivity contribution in [3.8, 4) is 12.0 Å². The van der Waals surface area contributed by atoms with Crippen LogP contribution in [0.2, 0.25) is 0 Å². The fourth-order valence-corrected chi connectivity index (χ4v) is 4.49. The summed E-state index contributed by atoms with van der Waals surface area (Å²) >= 11 is 0. The number of rotatable bonds is 4. The molecule has 3 aliphatic rings. The van der Waals surface area contributed by atoms with Crippen LogP contribution in [0.15, 0.2) is 59.7 Å². The maximum atomic E-state index is 11.6. The fourth-order valence-electron chi connectivity index (χ4n) is 4.49. The summed E-state index contributed by atoms with van der Waals surface area (Å²) in [7, 11) is 0. The number of nitrogens with one attached hydrogen (secondary N) is 2. The molecule has 1 saturated carbocycles. The van der Waals surface area contributed by atoms with Crippen LogP contribution >= 0.6 is 0 Å². The van der Waals surface area contributed by atoms with Crippen LogP contribution < -0.4 is 10.7 Å². The molecule has 0 bridgehead atoms. The van der Waals surface area contributed by atoms with Crippen LogP contribution in [0, 0.1) is 23.8 Å². The second-order valence-electron chi connectivity index (χ2n) is 8.39. The smallest absolute Gasteiger partial charge is 0.243 e. The van der Waals surface area contributed by atoms with Crippen molar-refractivity contribution in [1.29, 1.82) is 0 Å². The highest BCUT2D eigenvalue weighted by Gasteiger charge is 2.49. The van der Waals surface area contributed by atoms with Gasteiger partial charge in [0, 0.05) is 23.6 Å². The predicted octanol–water partition coefficient (Wildman–Crippen LogP) is 3.41. The normalized spacial score (nSPS) is 23.5. The molecule has 2 heterocycles. The van der Waals surface area contributed by atoms with Crippen LogP contribution in [0.4, 0.5) is 5.69 Å². The van der Waals surface area contributed by atoms with Crippen molar-refractivity contribution < 1.29 is 4.79 Å². The Kier molecular flexibility index (Phi) is 5.25. The summed E-state index contributed by atoms with van der Waals surface area (Å²) in [6.07, 6.45) is 3.32. The van der Waals surface area contributed by atoms with Gasteiger partial charge in [-0.25, -0.2) is 5.43 Å². The highest BCUT2D eigenvalue weighted by Crippen LogP contribution is 2.43. The molecule has 0 radical (unpaired) electrons. The number of hydrazone groups is 1. The summed E-state index contributed by atoms with van der Waals surface area (Å²) in [6, 6.07) is 22.1. The van der Waals surface area contributed by atoms with Gasteiger partial charge in [0.1, 0.15) is 0 Å². The molecule has 2 aromatic carbocycles. The molecular weight excluding hydrogens is 372 g/mol. The van der Waals surface area contributed by atoms with Crippen molar-refractivity contribution in [1.82, 2.24) is 10.3 Å². The van der Waals surface area contributed by atoms with Gasteiger partial charge in [0.25, 0.3) is 0 Å². The Balaban J connectivity index is 1.09. The molecule has 1 amide bonds. The van der Waals surface area contributed by atoms with E-state index in [0.29, 0.717) is 11.8 Å². The van der Waals surface area contributed by atoms with Crippen molar-refractivity contribution in [3.63, 3.8) is 0 Å². The van der Waals surface area contributed by atoms with Crippen molar-refractivity contribution in [2.24, 2.45) is 16.9 Å². The Morgan fingerprint density at radius 1 is 1.03 bits per heavy atom. The van der Waals surface area contributed by atoms with E-state index in [1.165, 1.54) is 18.4 Å². The van der Waals surface area contributed by atoms with Crippen molar-refractivity contribution in [2.75, 3.05) is 25.0 Å². The summed E-state index contributed by atoms with van der Waals surface area (Å²) in [6.45, 7) is 3.00. The summed E-state index contributed by atoms with van der Waals surface area (Å²) < 4.78 is 0. The van der Waals surface area contributed by atoms with E-state index in [-0.39, 0.29) is 11.8 Å². The number of anilines is 1. The van der Waals surface area contributed by atoms with E-state index in [2.05, 4.69) is 63.0 Å². The molecule has 2 unspecified atom stereocenters. The molecule has 5 nitrogen and oxygen atoms in total. The van der Waals surface area contributed by atoms with Gasteiger partial charge in [-0.2, -0.15) is 5.10 Å². The van der Waals surface area contributed by atoms with E-state index in [0.717, 1.165) is 43.0 Å². The lowest BCUT2D eigenvalue weighted by molar-refractivity contribution is -0.122. The van der Waals surface area contributed by atoms with Crippen LogP contribution in [0.3, 0.4) is 0 Å². The average Bonchev–Trinajstić information content (AvgIpc) is 3.61. The summed E-state index contributed by atoms with van der Waals surface area (Å²) in [4.78, 5) is 14.0. The van der Waals surface area contributed by atoms with Gasteiger partial charge in [-0.05, 0) is 61.5 Å². The number of carbonyl (C=O) groups excluding carboxylic acids is 1. The summed E-state index contributed by atoms with van der Waals surface area (Å²) in [5.41, 5.74) is 7.13. The zero-order chi connectivity index (χ0) is 20.3. The third-order valence-corrected chi connectivity index (χ3v) is 6.40. The highest BCUT2D eigenvalue weighted by molar-refractivity contribution is 6.09. The van der Waals surface area contributed by atoms with Gasteiger partial charge in [-0.1, -0.05) is 48.4 Å². The van der Waals surface area contributed by atoms with Gasteiger partial charge < -0.3 is 5.32 Å². The Labute approximate surface area is 177 Å². The number of hydrogen-bond donors (Lipinski definition) is 2. The highest BCUT2D eigenvalue weighted by atomic mass is 16.2. The quantitative estimate of drug-likeness (QED) is 0.613. The molecule has 2 aliphatic heterocycles. The van der Waals surface area contributed by atoms with E-state index in [9.17, 15) is 4.79 Å². The zero-order valence-electron chi connectivity index (χ0n) is 17.0. The molecule has 2 atom stereocenters. The van der Waals surface area contributed by atoms with Gasteiger partial charge in [-0.15, -0.1) is 0 Å². The molecule has 5 heteroatoms. The van der Waals surface area contributed by atoms with Gasteiger partial charge >= 0.3 is 0 Å². The van der Waals surface area contributed by atoms with Crippen LogP contribution in [-0.4, -0.2) is 36.2 Å². The largest absolute Gasteiger partial charge is 0.315 e. The topological polar surface area (TPSA) is 56.7 Å². The first-order chi connectivity index (χ1) is 14.8. The van der Waals surface area contributed by atoms with Gasteiger partial charge in [0.2, 0.25) is 5.91 Å². The summed E-state index contributed by atoms with van der Waals surface area (Å²) in [5.74, 6) is 4.40. The minimum absolute atomic E-state index is 0.0570. The number of amides is 1. The van der Waals surface area contributed by atoms with E-state index in [4.69, 9.17) is 0 Å². The third-order valence-electron chi connectivity index (χ3n) is 6.40. The lowest BCUT2D eigenvalue weighted by Gasteiger charge is -2.30. The Bertz CT molecular complexity index is 995. The number of fused-ring (bicyclic) bond motifs is 1. The predicted molar refractivity (Wildman–Crippen MR) is 119 cm³/mol. The fraction of sp³-hybridized carbons (Fsp3) is 0.360.